The molecular formula is C58H36N4. The van der Waals surface area contributed by atoms with Gasteiger partial charge in [0, 0.05) is 33.2 Å². The molecule has 11 aromatic rings. The van der Waals surface area contributed by atoms with Crippen LogP contribution in [0.3, 0.4) is 0 Å². The molecule has 62 heavy (non-hydrogen) atoms. The number of para-hydroxylation sites is 2. The van der Waals surface area contributed by atoms with E-state index >= 15 is 0 Å². The quantitative estimate of drug-likeness (QED) is 0.174. The van der Waals surface area contributed by atoms with Gasteiger partial charge in [-0.25, -0.2) is 15.0 Å². The number of rotatable bonds is 5. The molecule has 0 radical (unpaired) electrons. The molecule has 2 heterocycles. The molecule has 9 aromatic carbocycles. The van der Waals surface area contributed by atoms with Gasteiger partial charge in [-0.1, -0.05) is 182 Å². The second-order valence-corrected chi connectivity index (χ2v) is 16.3. The van der Waals surface area contributed by atoms with Crippen LogP contribution in [-0.4, -0.2) is 19.5 Å². The lowest BCUT2D eigenvalue weighted by Crippen LogP contribution is -2.26. The molecule has 13 rings (SSSR count). The maximum absolute atomic E-state index is 5.40. The molecule has 0 fully saturated rings. The SMILES string of the molecule is c1ccc(-c2nc(-c3ccc4c(c3)c3ccccc3n4-c3ccccc3)nc(-c3ccccc3-c3cccc4c3C3(c5ccccc5-c5ccccc53)c3ccccc3-4)n2)cc1. The van der Waals surface area contributed by atoms with Crippen LogP contribution in [0.5, 0.6) is 0 Å². The van der Waals surface area contributed by atoms with E-state index in [0.717, 1.165) is 44.4 Å². The van der Waals surface area contributed by atoms with Gasteiger partial charge in [0.2, 0.25) is 0 Å². The van der Waals surface area contributed by atoms with Gasteiger partial charge < -0.3 is 4.57 Å². The Morgan fingerprint density at radius 1 is 0.306 bits per heavy atom. The highest BCUT2D eigenvalue weighted by Gasteiger charge is 2.52. The smallest absolute Gasteiger partial charge is 0.164 e. The van der Waals surface area contributed by atoms with Crippen molar-refractivity contribution in [1.82, 2.24) is 19.5 Å². The highest BCUT2D eigenvalue weighted by atomic mass is 15.0. The number of nitrogens with zero attached hydrogens (tertiary/aromatic N) is 4. The predicted molar refractivity (Wildman–Crippen MR) is 252 cm³/mol. The van der Waals surface area contributed by atoms with Crippen LogP contribution in [0, 0.1) is 0 Å². The first-order chi connectivity index (χ1) is 30.8. The standard InChI is InChI=1S/C58H36N4/c1-3-18-37(19-4-1)55-59-56(38-34-35-53-48(36-38)44-26-12-16-33-52(44)62(53)39-20-5-2-6-21-39)61-57(60-55)47-27-8-7-22-40(47)45-28-17-29-46-43-25-11-15-32-51(43)58(54(45)46)49-30-13-9-23-41(49)42-24-10-14-31-50(42)58/h1-36H. The molecular weight excluding hydrogens is 753 g/mol. The summed E-state index contributed by atoms with van der Waals surface area (Å²) in [5.41, 5.74) is 18.3. The fraction of sp³-hybridized carbons (Fsp3) is 0.0172. The summed E-state index contributed by atoms with van der Waals surface area (Å²) < 4.78 is 2.34. The monoisotopic (exact) mass is 788 g/mol. The van der Waals surface area contributed by atoms with Crippen molar-refractivity contribution in [3.63, 3.8) is 0 Å². The summed E-state index contributed by atoms with van der Waals surface area (Å²) in [4.78, 5) is 15.9. The summed E-state index contributed by atoms with van der Waals surface area (Å²) in [5.74, 6) is 1.89. The zero-order valence-electron chi connectivity index (χ0n) is 33.6. The largest absolute Gasteiger partial charge is 0.309 e. The van der Waals surface area contributed by atoms with Gasteiger partial charge in [-0.2, -0.15) is 0 Å². The van der Waals surface area contributed by atoms with E-state index in [2.05, 4.69) is 205 Å². The van der Waals surface area contributed by atoms with Crippen molar-refractivity contribution < 1.29 is 0 Å². The summed E-state index contributed by atoms with van der Waals surface area (Å²) in [5, 5.41) is 2.33. The normalized spacial score (nSPS) is 13.0. The van der Waals surface area contributed by atoms with E-state index in [1.54, 1.807) is 0 Å². The predicted octanol–water partition coefficient (Wildman–Crippen LogP) is 14.0. The maximum atomic E-state index is 5.40. The van der Waals surface area contributed by atoms with Gasteiger partial charge in [-0.3, -0.25) is 0 Å². The number of fused-ring (bicyclic) bond motifs is 13. The van der Waals surface area contributed by atoms with Crippen molar-refractivity contribution in [2.75, 3.05) is 0 Å². The molecule has 0 bridgehead atoms. The summed E-state index contributed by atoms with van der Waals surface area (Å²) in [6.07, 6.45) is 0. The highest BCUT2D eigenvalue weighted by Crippen LogP contribution is 2.64. The van der Waals surface area contributed by atoms with E-state index in [4.69, 9.17) is 15.0 Å². The molecule has 0 aliphatic heterocycles. The van der Waals surface area contributed by atoms with Crippen molar-refractivity contribution in [3.05, 3.63) is 241 Å². The van der Waals surface area contributed by atoms with Crippen molar-refractivity contribution in [1.29, 1.82) is 0 Å². The van der Waals surface area contributed by atoms with E-state index < -0.39 is 5.41 Å². The van der Waals surface area contributed by atoms with Crippen molar-refractivity contribution in [3.8, 4) is 73.2 Å². The first kappa shape index (κ1) is 34.6. The van der Waals surface area contributed by atoms with Crippen molar-refractivity contribution >= 4 is 21.8 Å². The Hall–Kier alpha value is -8.21. The van der Waals surface area contributed by atoms with Crippen LogP contribution in [0.2, 0.25) is 0 Å². The Balaban J connectivity index is 1.05. The third kappa shape index (κ3) is 4.86. The molecule has 0 N–H and O–H groups in total. The fourth-order valence-corrected chi connectivity index (χ4v) is 10.6. The van der Waals surface area contributed by atoms with E-state index in [9.17, 15) is 0 Å². The lowest BCUT2D eigenvalue weighted by molar-refractivity contribution is 0.796. The van der Waals surface area contributed by atoms with E-state index in [0.29, 0.717) is 17.5 Å². The lowest BCUT2D eigenvalue weighted by Gasteiger charge is -2.32. The lowest BCUT2D eigenvalue weighted by atomic mass is 9.68. The van der Waals surface area contributed by atoms with Crippen LogP contribution >= 0.6 is 0 Å². The van der Waals surface area contributed by atoms with Gasteiger partial charge in [0.15, 0.2) is 17.5 Å². The Kier molecular flexibility index (Phi) is 7.49. The second-order valence-electron chi connectivity index (χ2n) is 16.3. The number of aromatic nitrogens is 4. The Labute approximate surface area is 359 Å². The van der Waals surface area contributed by atoms with Crippen LogP contribution in [0.15, 0.2) is 218 Å². The minimum Gasteiger partial charge on any atom is -0.309 e. The van der Waals surface area contributed by atoms with Crippen molar-refractivity contribution in [2.24, 2.45) is 0 Å². The van der Waals surface area contributed by atoms with Gasteiger partial charge in [0.1, 0.15) is 0 Å². The molecule has 0 amide bonds. The van der Waals surface area contributed by atoms with Crippen LogP contribution in [-0.2, 0) is 5.41 Å². The number of hydrogen-bond acceptors (Lipinski definition) is 3. The molecule has 0 unspecified atom stereocenters. The Bertz CT molecular complexity index is 3520. The van der Waals surface area contributed by atoms with Crippen LogP contribution in [0.25, 0.3) is 95.0 Å². The van der Waals surface area contributed by atoms with E-state index in [1.807, 2.05) is 18.2 Å². The minimum absolute atomic E-state index is 0.503. The molecule has 0 saturated heterocycles. The zero-order valence-corrected chi connectivity index (χ0v) is 33.6. The van der Waals surface area contributed by atoms with E-state index in [1.165, 1.54) is 55.5 Å². The minimum atomic E-state index is -0.503. The third-order valence-corrected chi connectivity index (χ3v) is 13.1. The first-order valence-corrected chi connectivity index (χ1v) is 21.2. The molecule has 2 aromatic heterocycles. The molecule has 2 aliphatic carbocycles. The van der Waals surface area contributed by atoms with Crippen LogP contribution in [0.4, 0.5) is 0 Å². The molecule has 4 heteroatoms. The molecule has 2 aliphatic rings. The zero-order chi connectivity index (χ0) is 40.8. The van der Waals surface area contributed by atoms with Gasteiger partial charge in [-0.15, -0.1) is 0 Å². The van der Waals surface area contributed by atoms with Crippen LogP contribution in [0.1, 0.15) is 22.3 Å². The van der Waals surface area contributed by atoms with Gasteiger partial charge >= 0.3 is 0 Å². The summed E-state index contributed by atoms with van der Waals surface area (Å²) >= 11 is 0. The maximum Gasteiger partial charge on any atom is 0.164 e. The fourth-order valence-electron chi connectivity index (χ4n) is 10.6. The van der Waals surface area contributed by atoms with Crippen molar-refractivity contribution in [2.45, 2.75) is 5.41 Å². The summed E-state index contributed by atoms with van der Waals surface area (Å²) in [6, 6.07) is 78.5. The third-order valence-electron chi connectivity index (χ3n) is 13.1. The molecule has 4 nitrogen and oxygen atoms in total. The average Bonchev–Trinajstić information content (AvgIpc) is 3.96. The van der Waals surface area contributed by atoms with E-state index in [-0.39, 0.29) is 0 Å². The number of hydrogen-bond donors (Lipinski definition) is 0. The molecule has 0 saturated carbocycles. The van der Waals surface area contributed by atoms with Crippen LogP contribution < -0.4 is 0 Å². The Morgan fingerprint density at radius 2 is 0.774 bits per heavy atom. The van der Waals surface area contributed by atoms with Gasteiger partial charge in [-0.05, 0) is 92.0 Å². The highest BCUT2D eigenvalue weighted by molar-refractivity contribution is 6.10. The topological polar surface area (TPSA) is 43.6 Å². The Morgan fingerprint density at radius 3 is 1.45 bits per heavy atom. The molecule has 1 spiro atoms. The van der Waals surface area contributed by atoms with Gasteiger partial charge in [0.25, 0.3) is 0 Å². The molecule has 0 atom stereocenters. The number of benzene rings is 9. The summed E-state index contributed by atoms with van der Waals surface area (Å²) in [6.45, 7) is 0. The second kappa shape index (κ2) is 13.4. The first-order valence-electron chi connectivity index (χ1n) is 21.2. The average molecular weight is 789 g/mol. The summed E-state index contributed by atoms with van der Waals surface area (Å²) in [7, 11) is 0. The molecule has 288 valence electrons. The van der Waals surface area contributed by atoms with Gasteiger partial charge in [0.05, 0.1) is 16.4 Å².